The van der Waals surface area contributed by atoms with Crippen LogP contribution in [0.4, 0.5) is 0 Å². The molecule has 2 nitrogen and oxygen atoms in total. The fourth-order valence-corrected chi connectivity index (χ4v) is 0.914. The van der Waals surface area contributed by atoms with Gasteiger partial charge in [-0.3, -0.25) is 0 Å². The summed E-state index contributed by atoms with van der Waals surface area (Å²) in [5, 5.41) is 8.44. The zero-order chi connectivity index (χ0) is 6.85. The Balaban J connectivity index is 2.91. The fraction of sp³-hybridized carbons (Fsp3) is 0.429. The molecule has 0 aromatic carbocycles. The van der Waals surface area contributed by atoms with Gasteiger partial charge in [-0.25, -0.2) is 4.99 Å². The van der Waals surface area contributed by atoms with Crippen molar-refractivity contribution < 1.29 is 0 Å². The minimum absolute atomic E-state index is 0.604. The van der Waals surface area contributed by atoms with Crippen LogP contribution in [0.3, 0.4) is 0 Å². The van der Waals surface area contributed by atoms with E-state index in [1.165, 1.54) is 0 Å². The van der Waals surface area contributed by atoms with Crippen molar-refractivity contribution in [3.63, 3.8) is 0 Å². The van der Waals surface area contributed by atoms with Crippen LogP contribution in [-0.2, 0) is 0 Å². The van der Waals surface area contributed by atoms with E-state index in [0.717, 1.165) is 17.7 Å². The SMILES string of the molecule is CC1=NC(C#N)=C(C)C1. The Morgan fingerprint density at radius 1 is 1.56 bits per heavy atom. The molecule has 0 spiro atoms. The fourth-order valence-electron chi connectivity index (χ4n) is 0.914. The van der Waals surface area contributed by atoms with Crippen LogP contribution < -0.4 is 0 Å². The molecular weight excluding hydrogens is 112 g/mol. The average Bonchev–Trinajstić information content (AvgIpc) is 2.10. The monoisotopic (exact) mass is 120 g/mol. The summed E-state index contributed by atoms with van der Waals surface area (Å²) in [5.74, 6) is 0. The molecule has 1 heterocycles. The molecule has 0 amide bonds. The highest BCUT2D eigenvalue weighted by Gasteiger charge is 2.08. The lowest BCUT2D eigenvalue weighted by atomic mass is 10.2. The molecule has 2 heteroatoms. The first-order valence-electron chi connectivity index (χ1n) is 2.88. The van der Waals surface area contributed by atoms with Crippen LogP contribution >= 0.6 is 0 Å². The van der Waals surface area contributed by atoms with Gasteiger partial charge in [-0.05, 0) is 19.4 Å². The zero-order valence-electron chi connectivity index (χ0n) is 5.60. The van der Waals surface area contributed by atoms with Gasteiger partial charge in [0, 0.05) is 12.1 Å². The Hall–Kier alpha value is -1.10. The van der Waals surface area contributed by atoms with Gasteiger partial charge in [0.1, 0.15) is 11.8 Å². The van der Waals surface area contributed by atoms with Crippen molar-refractivity contribution in [3.8, 4) is 6.07 Å². The molecule has 1 rings (SSSR count). The van der Waals surface area contributed by atoms with Crippen LogP contribution in [0.2, 0.25) is 0 Å². The molecule has 0 saturated carbocycles. The predicted octanol–water partition coefficient (Wildman–Crippen LogP) is 1.65. The number of allylic oxidation sites excluding steroid dienone is 2. The number of nitriles is 1. The first-order valence-corrected chi connectivity index (χ1v) is 2.88. The summed E-state index contributed by atoms with van der Waals surface area (Å²) in [5.41, 5.74) is 2.74. The number of hydrogen-bond acceptors (Lipinski definition) is 2. The maximum Gasteiger partial charge on any atom is 0.139 e. The van der Waals surface area contributed by atoms with E-state index in [1.807, 2.05) is 19.9 Å². The van der Waals surface area contributed by atoms with Gasteiger partial charge in [0.2, 0.25) is 0 Å². The van der Waals surface area contributed by atoms with Gasteiger partial charge >= 0.3 is 0 Å². The number of rotatable bonds is 0. The van der Waals surface area contributed by atoms with Gasteiger partial charge < -0.3 is 0 Å². The van der Waals surface area contributed by atoms with E-state index in [9.17, 15) is 0 Å². The first-order chi connectivity index (χ1) is 4.24. The third kappa shape index (κ3) is 0.996. The molecule has 0 unspecified atom stereocenters. The number of nitrogens with zero attached hydrogens (tertiary/aromatic N) is 2. The topological polar surface area (TPSA) is 36.1 Å². The molecule has 9 heavy (non-hydrogen) atoms. The minimum Gasteiger partial charge on any atom is -0.247 e. The summed E-state index contributed by atoms with van der Waals surface area (Å²) in [6.07, 6.45) is 0.878. The average molecular weight is 120 g/mol. The molecule has 0 N–H and O–H groups in total. The Kier molecular flexibility index (Phi) is 1.35. The van der Waals surface area contributed by atoms with Crippen LogP contribution in [0.15, 0.2) is 16.3 Å². The molecule has 0 aliphatic carbocycles. The highest BCUT2D eigenvalue weighted by Crippen LogP contribution is 2.17. The Bertz CT molecular complexity index is 228. The van der Waals surface area contributed by atoms with Gasteiger partial charge in [-0.1, -0.05) is 0 Å². The quantitative estimate of drug-likeness (QED) is 0.478. The molecule has 0 fully saturated rings. The van der Waals surface area contributed by atoms with Crippen LogP contribution in [0.25, 0.3) is 0 Å². The summed E-state index contributed by atoms with van der Waals surface area (Å²) in [6.45, 7) is 3.88. The second-order valence-corrected chi connectivity index (χ2v) is 2.26. The molecule has 0 atom stereocenters. The summed E-state index contributed by atoms with van der Waals surface area (Å²) in [4.78, 5) is 4.02. The first kappa shape index (κ1) is 6.03. The van der Waals surface area contributed by atoms with E-state index in [4.69, 9.17) is 5.26 Å². The predicted molar refractivity (Wildman–Crippen MR) is 36.0 cm³/mol. The molecule has 0 radical (unpaired) electrons. The molecule has 1 aliphatic rings. The van der Waals surface area contributed by atoms with E-state index < -0.39 is 0 Å². The summed E-state index contributed by atoms with van der Waals surface area (Å²) < 4.78 is 0. The van der Waals surface area contributed by atoms with Gasteiger partial charge in [-0.15, -0.1) is 0 Å². The Morgan fingerprint density at radius 2 is 2.22 bits per heavy atom. The maximum absolute atomic E-state index is 8.44. The molecular formula is C7H8N2. The van der Waals surface area contributed by atoms with Crippen molar-refractivity contribution in [2.45, 2.75) is 20.3 Å². The standard InChI is InChI=1S/C7H8N2/c1-5-3-6(2)9-7(5)4-8/h3H2,1-2H3. The lowest BCUT2D eigenvalue weighted by Gasteiger charge is -1.85. The van der Waals surface area contributed by atoms with Crippen molar-refractivity contribution in [2.24, 2.45) is 4.99 Å². The highest BCUT2D eigenvalue weighted by molar-refractivity contribution is 5.88. The molecule has 0 saturated heterocycles. The lowest BCUT2D eigenvalue weighted by molar-refractivity contribution is 1.26. The lowest BCUT2D eigenvalue weighted by Crippen LogP contribution is -1.82. The summed E-state index contributed by atoms with van der Waals surface area (Å²) in [6, 6.07) is 2.04. The van der Waals surface area contributed by atoms with Gasteiger partial charge in [0.25, 0.3) is 0 Å². The highest BCUT2D eigenvalue weighted by atomic mass is 14.8. The number of aliphatic imine (C=N–C) groups is 1. The van der Waals surface area contributed by atoms with Crippen molar-refractivity contribution in [1.82, 2.24) is 0 Å². The van der Waals surface area contributed by atoms with Crippen molar-refractivity contribution in [1.29, 1.82) is 5.26 Å². The van der Waals surface area contributed by atoms with E-state index in [0.29, 0.717) is 5.70 Å². The van der Waals surface area contributed by atoms with E-state index >= 15 is 0 Å². The molecule has 0 aromatic heterocycles. The second kappa shape index (κ2) is 2.02. The van der Waals surface area contributed by atoms with Crippen LogP contribution in [-0.4, -0.2) is 5.71 Å². The number of hydrogen-bond donors (Lipinski definition) is 0. The summed E-state index contributed by atoms with van der Waals surface area (Å²) in [7, 11) is 0. The second-order valence-electron chi connectivity index (χ2n) is 2.26. The smallest absolute Gasteiger partial charge is 0.139 e. The normalized spacial score (nSPS) is 17.7. The third-order valence-electron chi connectivity index (χ3n) is 1.33. The Morgan fingerprint density at radius 3 is 2.44 bits per heavy atom. The van der Waals surface area contributed by atoms with Crippen molar-refractivity contribution in [3.05, 3.63) is 11.3 Å². The van der Waals surface area contributed by atoms with E-state index in [2.05, 4.69) is 4.99 Å². The molecule has 1 aliphatic heterocycles. The molecule has 0 bridgehead atoms. The Labute approximate surface area is 54.5 Å². The van der Waals surface area contributed by atoms with Gasteiger partial charge in [-0.2, -0.15) is 5.26 Å². The van der Waals surface area contributed by atoms with Crippen molar-refractivity contribution in [2.75, 3.05) is 0 Å². The molecule has 46 valence electrons. The largest absolute Gasteiger partial charge is 0.247 e. The van der Waals surface area contributed by atoms with Crippen LogP contribution in [0, 0.1) is 11.3 Å². The molecule has 0 aromatic rings. The van der Waals surface area contributed by atoms with E-state index in [-0.39, 0.29) is 0 Å². The third-order valence-corrected chi connectivity index (χ3v) is 1.33. The van der Waals surface area contributed by atoms with Crippen molar-refractivity contribution >= 4 is 5.71 Å². The summed E-state index contributed by atoms with van der Waals surface area (Å²) >= 11 is 0. The minimum atomic E-state index is 0.604. The van der Waals surface area contributed by atoms with Gasteiger partial charge in [0.05, 0.1) is 0 Å². The van der Waals surface area contributed by atoms with Crippen LogP contribution in [0.5, 0.6) is 0 Å². The maximum atomic E-state index is 8.44. The van der Waals surface area contributed by atoms with E-state index in [1.54, 1.807) is 0 Å². The zero-order valence-corrected chi connectivity index (χ0v) is 5.60. The van der Waals surface area contributed by atoms with Crippen LogP contribution in [0.1, 0.15) is 20.3 Å². The van der Waals surface area contributed by atoms with Gasteiger partial charge in [0.15, 0.2) is 0 Å².